The van der Waals surface area contributed by atoms with Gasteiger partial charge in [0.05, 0.1) is 12.7 Å². The van der Waals surface area contributed by atoms with Crippen molar-refractivity contribution in [2.45, 2.75) is 64.6 Å². The molecule has 1 aromatic rings. The molecule has 1 aliphatic carbocycles. The Bertz CT molecular complexity index is 637. The smallest absolute Gasteiger partial charge is 0.407 e. The molecular weight excluding hydrogens is 320 g/mol. The summed E-state index contributed by atoms with van der Waals surface area (Å²) < 4.78 is 10.0. The van der Waals surface area contributed by atoms with Crippen LogP contribution in [0.25, 0.3) is 0 Å². The van der Waals surface area contributed by atoms with E-state index in [1.165, 1.54) is 7.11 Å². The number of hydrogen-bond donors (Lipinski definition) is 2. The third-order valence-corrected chi connectivity index (χ3v) is 4.16. The van der Waals surface area contributed by atoms with Crippen molar-refractivity contribution >= 4 is 17.7 Å². The molecule has 0 saturated heterocycles. The van der Waals surface area contributed by atoms with Crippen LogP contribution in [0.4, 0.5) is 10.5 Å². The number of methoxy groups -OCH3 is 1. The molecule has 2 atom stereocenters. The summed E-state index contributed by atoms with van der Waals surface area (Å²) in [6, 6.07) is 5.87. The van der Waals surface area contributed by atoms with Gasteiger partial charge in [-0.25, -0.2) is 9.59 Å². The van der Waals surface area contributed by atoms with E-state index in [4.69, 9.17) is 9.47 Å². The number of carbonyl (C=O) groups excluding carboxylic acids is 2. The van der Waals surface area contributed by atoms with Crippen LogP contribution in [0.15, 0.2) is 18.2 Å². The standard InChI is InChI=1S/C19H28N2O4/c1-12-10-13(17(22)24-5)6-9-16(12)20-14-7-8-15(11-14)21-18(23)25-19(2,3)4/h6,9-10,14-15,20H,7-8,11H2,1-5H3,(H,21,23). The van der Waals surface area contributed by atoms with Gasteiger partial charge in [0.2, 0.25) is 0 Å². The van der Waals surface area contributed by atoms with Gasteiger partial charge in [0.1, 0.15) is 5.60 Å². The maximum atomic E-state index is 11.9. The Balaban J connectivity index is 1.89. The van der Waals surface area contributed by atoms with Gasteiger partial charge in [0.15, 0.2) is 0 Å². The first-order chi connectivity index (χ1) is 11.7. The van der Waals surface area contributed by atoms with Gasteiger partial charge in [0.25, 0.3) is 0 Å². The fourth-order valence-corrected chi connectivity index (χ4v) is 3.01. The van der Waals surface area contributed by atoms with Crippen LogP contribution in [0.1, 0.15) is 56.0 Å². The van der Waals surface area contributed by atoms with Crippen LogP contribution >= 0.6 is 0 Å². The normalized spacial score (nSPS) is 20.0. The first-order valence-electron chi connectivity index (χ1n) is 8.63. The second-order valence-electron chi connectivity index (χ2n) is 7.52. The molecular formula is C19H28N2O4. The second kappa shape index (κ2) is 7.76. The molecule has 0 bridgehead atoms. The van der Waals surface area contributed by atoms with Crippen molar-refractivity contribution in [2.24, 2.45) is 0 Å². The second-order valence-corrected chi connectivity index (χ2v) is 7.52. The number of amides is 1. The van der Waals surface area contributed by atoms with Crippen LogP contribution in [0.2, 0.25) is 0 Å². The number of benzene rings is 1. The van der Waals surface area contributed by atoms with E-state index in [-0.39, 0.29) is 24.1 Å². The predicted molar refractivity (Wildman–Crippen MR) is 96.9 cm³/mol. The van der Waals surface area contributed by atoms with E-state index in [1.807, 2.05) is 39.8 Å². The Hall–Kier alpha value is -2.24. The molecule has 1 aliphatic rings. The zero-order valence-electron chi connectivity index (χ0n) is 15.6. The van der Waals surface area contributed by atoms with E-state index in [0.29, 0.717) is 5.56 Å². The Morgan fingerprint density at radius 3 is 2.44 bits per heavy atom. The molecule has 1 aromatic carbocycles. The van der Waals surface area contributed by atoms with Crippen molar-refractivity contribution in [3.05, 3.63) is 29.3 Å². The SMILES string of the molecule is COC(=O)c1ccc(NC2CCC(NC(=O)OC(C)(C)C)C2)c(C)c1. The van der Waals surface area contributed by atoms with Crippen LogP contribution in [-0.2, 0) is 9.47 Å². The third kappa shape index (κ3) is 5.66. The average Bonchev–Trinajstić information content (AvgIpc) is 2.93. The minimum absolute atomic E-state index is 0.113. The van der Waals surface area contributed by atoms with Crippen molar-refractivity contribution < 1.29 is 19.1 Å². The molecule has 0 heterocycles. The maximum Gasteiger partial charge on any atom is 0.407 e. The highest BCUT2D eigenvalue weighted by atomic mass is 16.6. The molecule has 1 fully saturated rings. The van der Waals surface area contributed by atoms with Crippen molar-refractivity contribution in [1.82, 2.24) is 5.32 Å². The largest absolute Gasteiger partial charge is 0.465 e. The minimum atomic E-state index is -0.487. The Kier molecular flexibility index (Phi) is 5.93. The molecule has 0 aromatic heterocycles. The molecule has 0 aliphatic heterocycles. The van der Waals surface area contributed by atoms with Gasteiger partial charge < -0.3 is 20.1 Å². The molecule has 1 saturated carbocycles. The van der Waals surface area contributed by atoms with Crippen LogP contribution in [-0.4, -0.2) is 36.9 Å². The lowest BCUT2D eigenvalue weighted by Crippen LogP contribution is -2.38. The van der Waals surface area contributed by atoms with Gasteiger partial charge in [-0.1, -0.05) is 0 Å². The van der Waals surface area contributed by atoms with Crippen molar-refractivity contribution in [2.75, 3.05) is 12.4 Å². The maximum absolute atomic E-state index is 11.9. The fraction of sp³-hybridized carbons (Fsp3) is 0.579. The van der Waals surface area contributed by atoms with E-state index in [1.54, 1.807) is 6.07 Å². The summed E-state index contributed by atoms with van der Waals surface area (Å²) in [6.45, 7) is 7.52. The number of ether oxygens (including phenoxy) is 2. The lowest BCUT2D eigenvalue weighted by molar-refractivity contribution is 0.0504. The number of hydrogen-bond acceptors (Lipinski definition) is 5. The van der Waals surface area contributed by atoms with Crippen LogP contribution in [0, 0.1) is 6.92 Å². The number of aryl methyl sites for hydroxylation is 1. The average molecular weight is 348 g/mol. The van der Waals surface area contributed by atoms with E-state index >= 15 is 0 Å². The summed E-state index contributed by atoms with van der Waals surface area (Å²) in [5.41, 5.74) is 2.04. The zero-order chi connectivity index (χ0) is 18.6. The van der Waals surface area contributed by atoms with E-state index in [0.717, 1.165) is 30.5 Å². The van der Waals surface area contributed by atoms with Crippen LogP contribution in [0.5, 0.6) is 0 Å². The van der Waals surface area contributed by atoms with Gasteiger partial charge >= 0.3 is 12.1 Å². The number of alkyl carbamates (subject to hydrolysis) is 1. The number of carbonyl (C=O) groups is 2. The monoisotopic (exact) mass is 348 g/mol. The summed E-state index contributed by atoms with van der Waals surface area (Å²) in [7, 11) is 1.38. The first kappa shape index (κ1) is 19.1. The lowest BCUT2D eigenvalue weighted by atomic mass is 10.1. The lowest BCUT2D eigenvalue weighted by Gasteiger charge is -2.22. The molecule has 1 amide bonds. The topological polar surface area (TPSA) is 76.7 Å². The van der Waals surface area contributed by atoms with Crippen molar-refractivity contribution in [1.29, 1.82) is 0 Å². The molecule has 0 spiro atoms. The quantitative estimate of drug-likeness (QED) is 0.813. The summed E-state index contributed by atoms with van der Waals surface area (Å²) in [6.07, 6.45) is 2.36. The highest BCUT2D eigenvalue weighted by Gasteiger charge is 2.27. The Labute approximate surface area is 149 Å². The van der Waals surface area contributed by atoms with Crippen molar-refractivity contribution in [3.8, 4) is 0 Å². The van der Waals surface area contributed by atoms with Gasteiger partial charge in [-0.05, 0) is 70.7 Å². The van der Waals surface area contributed by atoms with Crippen LogP contribution in [0.3, 0.4) is 0 Å². The summed E-state index contributed by atoms with van der Waals surface area (Å²) >= 11 is 0. The molecule has 6 heteroatoms. The molecule has 2 unspecified atom stereocenters. The predicted octanol–water partition coefficient (Wildman–Crippen LogP) is 3.64. The Morgan fingerprint density at radius 2 is 1.84 bits per heavy atom. The van der Waals surface area contributed by atoms with E-state index in [9.17, 15) is 9.59 Å². The van der Waals surface area contributed by atoms with Crippen molar-refractivity contribution in [3.63, 3.8) is 0 Å². The van der Waals surface area contributed by atoms with Gasteiger partial charge in [-0.2, -0.15) is 0 Å². The third-order valence-electron chi connectivity index (χ3n) is 4.16. The number of anilines is 1. The van der Waals surface area contributed by atoms with E-state index < -0.39 is 5.60 Å². The van der Waals surface area contributed by atoms with E-state index in [2.05, 4.69) is 10.6 Å². The molecule has 2 N–H and O–H groups in total. The Morgan fingerprint density at radius 1 is 1.16 bits per heavy atom. The summed E-state index contributed by atoms with van der Waals surface area (Å²) in [5.74, 6) is -0.336. The number of nitrogens with one attached hydrogen (secondary N) is 2. The highest BCUT2D eigenvalue weighted by molar-refractivity contribution is 5.90. The van der Waals surface area contributed by atoms with Gasteiger partial charge in [-0.15, -0.1) is 0 Å². The summed E-state index contributed by atoms with van der Waals surface area (Å²) in [5, 5.41) is 6.44. The molecule has 2 rings (SSSR count). The number of rotatable bonds is 4. The minimum Gasteiger partial charge on any atom is -0.465 e. The highest BCUT2D eigenvalue weighted by Crippen LogP contribution is 2.26. The first-order valence-corrected chi connectivity index (χ1v) is 8.63. The van der Waals surface area contributed by atoms with Gasteiger partial charge in [0, 0.05) is 17.8 Å². The number of esters is 1. The fourth-order valence-electron chi connectivity index (χ4n) is 3.01. The molecule has 25 heavy (non-hydrogen) atoms. The van der Waals surface area contributed by atoms with Gasteiger partial charge in [-0.3, -0.25) is 0 Å². The molecule has 138 valence electrons. The van der Waals surface area contributed by atoms with Crippen LogP contribution < -0.4 is 10.6 Å². The summed E-state index contributed by atoms with van der Waals surface area (Å²) in [4.78, 5) is 23.4. The molecule has 0 radical (unpaired) electrons. The zero-order valence-corrected chi connectivity index (χ0v) is 15.6. The molecule has 6 nitrogen and oxygen atoms in total.